The van der Waals surface area contributed by atoms with Crippen molar-refractivity contribution in [3.63, 3.8) is 0 Å². The van der Waals surface area contributed by atoms with E-state index in [-0.39, 0.29) is 6.10 Å². The molecular weight excluding hydrogens is 246 g/mol. The highest BCUT2D eigenvalue weighted by Crippen LogP contribution is 2.23. The predicted molar refractivity (Wildman–Crippen MR) is 57.9 cm³/mol. The molecule has 0 saturated carbocycles. The zero-order valence-corrected chi connectivity index (χ0v) is 9.70. The zero-order valence-electron chi connectivity index (χ0n) is 8.11. The molecule has 4 nitrogen and oxygen atoms in total. The average molecular weight is 260 g/mol. The van der Waals surface area contributed by atoms with Crippen LogP contribution in [0.15, 0.2) is 10.7 Å². The minimum Gasteiger partial charge on any atom is -0.383 e. The summed E-state index contributed by atoms with van der Waals surface area (Å²) in [7, 11) is 0. The van der Waals surface area contributed by atoms with E-state index in [0.29, 0.717) is 11.9 Å². The summed E-state index contributed by atoms with van der Waals surface area (Å²) in [6.45, 7) is 2.85. The summed E-state index contributed by atoms with van der Waals surface area (Å²) < 4.78 is 8.33. The third-order valence-corrected chi connectivity index (χ3v) is 3.14. The molecule has 1 fully saturated rings. The van der Waals surface area contributed by atoms with Crippen molar-refractivity contribution < 1.29 is 4.74 Å². The number of hydrogen-bond donors (Lipinski definition) is 1. The van der Waals surface area contributed by atoms with E-state index in [1.165, 1.54) is 0 Å². The lowest BCUT2D eigenvalue weighted by Crippen LogP contribution is -2.18. The van der Waals surface area contributed by atoms with Gasteiger partial charge in [0.2, 0.25) is 0 Å². The van der Waals surface area contributed by atoms with Gasteiger partial charge in [-0.3, -0.25) is 0 Å². The summed E-state index contributed by atoms with van der Waals surface area (Å²) in [5, 5.41) is 4.17. The smallest absolute Gasteiger partial charge is 0.136 e. The van der Waals surface area contributed by atoms with Crippen LogP contribution < -0.4 is 5.73 Å². The van der Waals surface area contributed by atoms with Crippen molar-refractivity contribution in [2.75, 3.05) is 5.73 Å². The number of anilines is 1. The number of rotatable bonds is 2. The van der Waals surface area contributed by atoms with Gasteiger partial charge >= 0.3 is 0 Å². The van der Waals surface area contributed by atoms with Crippen molar-refractivity contribution in [2.24, 2.45) is 0 Å². The minimum atomic E-state index is 0.263. The predicted octanol–water partition coefficient (Wildman–Crippen LogP) is 1.80. The first-order chi connectivity index (χ1) is 6.66. The largest absolute Gasteiger partial charge is 0.383 e. The van der Waals surface area contributed by atoms with Gasteiger partial charge in [0, 0.05) is 0 Å². The van der Waals surface area contributed by atoms with Gasteiger partial charge in [-0.2, -0.15) is 5.10 Å². The van der Waals surface area contributed by atoms with E-state index in [1.54, 1.807) is 10.9 Å². The second kappa shape index (κ2) is 3.90. The molecule has 2 heterocycles. The molecule has 0 bridgehead atoms. The molecule has 1 aromatic heterocycles. The molecule has 1 aliphatic heterocycles. The molecular formula is C9H14BrN3O. The summed E-state index contributed by atoms with van der Waals surface area (Å²) in [6, 6.07) is 0. The molecule has 2 atom stereocenters. The van der Waals surface area contributed by atoms with E-state index < -0.39 is 0 Å². The quantitative estimate of drug-likeness (QED) is 0.882. The van der Waals surface area contributed by atoms with Crippen molar-refractivity contribution in [2.45, 2.75) is 38.5 Å². The fourth-order valence-corrected chi connectivity index (χ4v) is 2.03. The van der Waals surface area contributed by atoms with Gasteiger partial charge in [0.1, 0.15) is 5.82 Å². The molecule has 0 spiro atoms. The molecule has 1 aromatic rings. The third kappa shape index (κ3) is 1.93. The molecule has 2 rings (SSSR count). The second-order valence-corrected chi connectivity index (χ2v) is 4.56. The van der Waals surface area contributed by atoms with Crippen LogP contribution in [0.3, 0.4) is 0 Å². The third-order valence-electron chi connectivity index (χ3n) is 2.53. The topological polar surface area (TPSA) is 53.1 Å². The van der Waals surface area contributed by atoms with Gasteiger partial charge in [0.05, 0.1) is 29.4 Å². The van der Waals surface area contributed by atoms with E-state index in [2.05, 4.69) is 28.0 Å². The lowest BCUT2D eigenvalue weighted by atomic mass is 10.2. The Morgan fingerprint density at radius 3 is 3.00 bits per heavy atom. The molecule has 14 heavy (non-hydrogen) atoms. The Balaban J connectivity index is 2.01. The number of nitrogens with zero attached hydrogens (tertiary/aromatic N) is 2. The normalized spacial score (nSPS) is 27.0. The van der Waals surface area contributed by atoms with Gasteiger partial charge in [0.15, 0.2) is 0 Å². The van der Waals surface area contributed by atoms with Crippen molar-refractivity contribution >= 4 is 21.7 Å². The number of ether oxygens (including phenoxy) is 1. The maximum absolute atomic E-state index is 5.81. The highest BCUT2D eigenvalue weighted by Gasteiger charge is 2.23. The van der Waals surface area contributed by atoms with Crippen LogP contribution in [-0.4, -0.2) is 22.0 Å². The van der Waals surface area contributed by atoms with Crippen LogP contribution in [0.1, 0.15) is 19.8 Å². The SMILES string of the molecule is CC1CCC(Cn2ncc(Br)c2N)O1. The monoisotopic (exact) mass is 259 g/mol. The first-order valence-electron chi connectivity index (χ1n) is 4.79. The van der Waals surface area contributed by atoms with Gasteiger partial charge in [-0.15, -0.1) is 0 Å². The number of nitrogen functional groups attached to an aromatic ring is 1. The maximum atomic E-state index is 5.81. The van der Waals surface area contributed by atoms with Crippen molar-refractivity contribution in [3.8, 4) is 0 Å². The fourth-order valence-electron chi connectivity index (χ4n) is 1.73. The Morgan fingerprint density at radius 1 is 1.71 bits per heavy atom. The lowest BCUT2D eigenvalue weighted by Gasteiger charge is -2.11. The number of nitrogens with two attached hydrogens (primary N) is 1. The van der Waals surface area contributed by atoms with Gasteiger partial charge < -0.3 is 10.5 Å². The highest BCUT2D eigenvalue weighted by atomic mass is 79.9. The van der Waals surface area contributed by atoms with E-state index in [0.717, 1.165) is 23.9 Å². The molecule has 1 aliphatic rings. The number of halogens is 1. The van der Waals surface area contributed by atoms with Gasteiger partial charge in [-0.25, -0.2) is 4.68 Å². The molecule has 0 aliphatic carbocycles. The van der Waals surface area contributed by atoms with Gasteiger partial charge in [0.25, 0.3) is 0 Å². The van der Waals surface area contributed by atoms with Crippen LogP contribution in [0, 0.1) is 0 Å². The summed E-state index contributed by atoms with van der Waals surface area (Å²) in [5.41, 5.74) is 5.81. The Kier molecular flexibility index (Phi) is 2.78. The Bertz CT molecular complexity index is 326. The van der Waals surface area contributed by atoms with Crippen LogP contribution in [0.5, 0.6) is 0 Å². The Morgan fingerprint density at radius 2 is 2.50 bits per heavy atom. The average Bonchev–Trinajstić information content (AvgIpc) is 2.67. The summed E-state index contributed by atoms with van der Waals surface area (Å²) in [4.78, 5) is 0. The van der Waals surface area contributed by atoms with Crippen LogP contribution in [0.25, 0.3) is 0 Å². The first kappa shape index (κ1) is 9.98. The summed E-state index contributed by atoms with van der Waals surface area (Å²) >= 11 is 3.33. The molecule has 0 amide bonds. The summed E-state index contributed by atoms with van der Waals surface area (Å²) in [6.07, 6.45) is 4.58. The van der Waals surface area contributed by atoms with E-state index in [9.17, 15) is 0 Å². The molecule has 0 radical (unpaired) electrons. The molecule has 1 saturated heterocycles. The second-order valence-electron chi connectivity index (χ2n) is 3.71. The van der Waals surface area contributed by atoms with Gasteiger partial charge in [-0.1, -0.05) is 0 Å². The van der Waals surface area contributed by atoms with Crippen molar-refractivity contribution in [3.05, 3.63) is 10.7 Å². The summed E-state index contributed by atoms with van der Waals surface area (Å²) in [5.74, 6) is 0.674. The molecule has 78 valence electrons. The molecule has 5 heteroatoms. The molecule has 2 unspecified atom stereocenters. The fraction of sp³-hybridized carbons (Fsp3) is 0.667. The van der Waals surface area contributed by atoms with Crippen molar-refractivity contribution in [1.29, 1.82) is 0 Å². The van der Waals surface area contributed by atoms with Crippen LogP contribution in [0.4, 0.5) is 5.82 Å². The lowest BCUT2D eigenvalue weighted by molar-refractivity contribution is 0.0441. The molecule has 2 N–H and O–H groups in total. The highest BCUT2D eigenvalue weighted by molar-refractivity contribution is 9.10. The Hall–Kier alpha value is -0.550. The zero-order chi connectivity index (χ0) is 10.1. The number of hydrogen-bond acceptors (Lipinski definition) is 3. The van der Waals surface area contributed by atoms with Crippen LogP contribution in [-0.2, 0) is 11.3 Å². The van der Waals surface area contributed by atoms with E-state index in [4.69, 9.17) is 10.5 Å². The maximum Gasteiger partial charge on any atom is 0.136 e. The first-order valence-corrected chi connectivity index (χ1v) is 5.58. The van der Waals surface area contributed by atoms with E-state index >= 15 is 0 Å². The number of aromatic nitrogens is 2. The van der Waals surface area contributed by atoms with Crippen LogP contribution in [0.2, 0.25) is 0 Å². The van der Waals surface area contributed by atoms with Gasteiger partial charge in [-0.05, 0) is 35.7 Å². The standard InChI is InChI=1S/C9H14BrN3O/c1-6-2-3-7(14-6)5-13-9(11)8(10)4-12-13/h4,6-7H,2-3,5,11H2,1H3. The van der Waals surface area contributed by atoms with E-state index in [1.807, 2.05) is 0 Å². The Labute approximate surface area is 91.5 Å². The van der Waals surface area contributed by atoms with Crippen LogP contribution >= 0.6 is 15.9 Å². The van der Waals surface area contributed by atoms with Crippen molar-refractivity contribution in [1.82, 2.24) is 9.78 Å². The minimum absolute atomic E-state index is 0.263. The molecule has 0 aromatic carbocycles.